The van der Waals surface area contributed by atoms with Gasteiger partial charge in [-0.05, 0) is 24.6 Å². The zero-order valence-electron chi connectivity index (χ0n) is 10.8. The molecule has 5 nitrogen and oxygen atoms in total. The maximum Gasteiger partial charge on any atom is 0.0777 e. The normalized spacial score (nSPS) is 11.6. The summed E-state index contributed by atoms with van der Waals surface area (Å²) in [5.41, 5.74) is 3.21. The van der Waals surface area contributed by atoms with E-state index in [0.717, 1.165) is 11.4 Å². The monoisotopic (exact) mass is 295 g/mol. The predicted molar refractivity (Wildman–Crippen MR) is 67.0 cm³/mol. The minimum absolute atomic E-state index is 0.999. The SMILES string of the molecule is CC(=Nc1ccccc1)c1ccccc1.[O-][Cl+3]([O-])([O-])O. The average Bonchev–Trinajstić information content (AvgIpc) is 2.39. The number of hydrogen-bond acceptors (Lipinski definition) is 5. The number of halogens is 1. The van der Waals surface area contributed by atoms with Crippen LogP contribution in [0.3, 0.4) is 0 Å². The van der Waals surface area contributed by atoms with E-state index >= 15 is 0 Å². The molecule has 6 heteroatoms. The van der Waals surface area contributed by atoms with Gasteiger partial charge in [0.1, 0.15) is 0 Å². The van der Waals surface area contributed by atoms with Crippen LogP contribution >= 0.6 is 0 Å². The van der Waals surface area contributed by atoms with Gasteiger partial charge in [0.15, 0.2) is 0 Å². The highest BCUT2D eigenvalue weighted by Gasteiger charge is 1.98. The largest absolute Gasteiger partial charge is 0.253 e. The molecular formula is C14H14ClNO4. The molecule has 20 heavy (non-hydrogen) atoms. The van der Waals surface area contributed by atoms with Crippen molar-refractivity contribution in [3.05, 3.63) is 66.2 Å². The summed E-state index contributed by atoms with van der Waals surface area (Å²) < 4.78 is 32.7. The molecule has 2 rings (SSSR count). The number of nitrogens with zero attached hydrogens (tertiary/aromatic N) is 1. The molecule has 2 aromatic carbocycles. The van der Waals surface area contributed by atoms with E-state index in [-0.39, 0.29) is 0 Å². The molecule has 0 unspecified atom stereocenters. The quantitative estimate of drug-likeness (QED) is 0.769. The van der Waals surface area contributed by atoms with Crippen LogP contribution in [0.2, 0.25) is 0 Å². The van der Waals surface area contributed by atoms with Gasteiger partial charge in [-0.15, -0.1) is 0 Å². The maximum atomic E-state index is 8.60. The van der Waals surface area contributed by atoms with E-state index in [1.165, 1.54) is 5.56 Å². The van der Waals surface area contributed by atoms with E-state index < -0.39 is 10.2 Å². The minimum Gasteiger partial charge on any atom is -0.253 e. The van der Waals surface area contributed by atoms with E-state index in [9.17, 15) is 0 Å². The summed E-state index contributed by atoms with van der Waals surface area (Å²) in [7, 11) is -4.69. The standard InChI is InChI=1S/C14H13N.ClHO4/c1-12(13-8-4-2-5-9-13)15-14-10-6-3-7-11-14;2-1(3,4)5/h2-11H,1H3;(H,2,3,4,5). The van der Waals surface area contributed by atoms with Gasteiger partial charge in [-0.25, -0.2) is 0 Å². The number of para-hydroxylation sites is 1. The van der Waals surface area contributed by atoms with Crippen LogP contribution in [0.15, 0.2) is 65.7 Å². The lowest BCUT2D eigenvalue weighted by Gasteiger charge is -2.03. The van der Waals surface area contributed by atoms with Crippen molar-refractivity contribution in [3.8, 4) is 0 Å². The third-order valence-electron chi connectivity index (χ3n) is 2.24. The van der Waals surface area contributed by atoms with Crippen molar-refractivity contribution in [3.63, 3.8) is 0 Å². The summed E-state index contributed by atoms with van der Waals surface area (Å²) in [6.07, 6.45) is 0. The third-order valence-corrected chi connectivity index (χ3v) is 2.24. The summed E-state index contributed by atoms with van der Waals surface area (Å²) >= 11 is 0. The van der Waals surface area contributed by atoms with Crippen molar-refractivity contribution in [2.75, 3.05) is 0 Å². The molecule has 0 spiro atoms. The molecule has 0 aliphatic carbocycles. The Morgan fingerprint density at radius 2 is 1.30 bits per heavy atom. The van der Waals surface area contributed by atoms with E-state index in [0.29, 0.717) is 0 Å². The molecule has 2 aromatic rings. The third kappa shape index (κ3) is 7.63. The first-order valence-electron chi connectivity index (χ1n) is 5.65. The van der Waals surface area contributed by atoms with Crippen molar-refractivity contribution in [2.45, 2.75) is 6.92 Å². The molecule has 106 valence electrons. The zero-order valence-corrected chi connectivity index (χ0v) is 11.5. The second-order valence-corrected chi connectivity index (χ2v) is 4.59. The fourth-order valence-corrected chi connectivity index (χ4v) is 1.44. The molecule has 0 bridgehead atoms. The molecule has 1 N–H and O–H groups in total. The second kappa shape index (κ2) is 7.74. The first-order chi connectivity index (χ1) is 9.36. The highest BCUT2D eigenvalue weighted by molar-refractivity contribution is 6.00. The van der Waals surface area contributed by atoms with E-state index in [4.69, 9.17) is 18.6 Å². The van der Waals surface area contributed by atoms with Gasteiger partial charge in [-0.1, -0.05) is 48.5 Å². The lowest BCUT2D eigenvalue weighted by atomic mass is 10.1. The van der Waals surface area contributed by atoms with Gasteiger partial charge < -0.3 is 0 Å². The highest BCUT2D eigenvalue weighted by Crippen LogP contribution is 2.12. The minimum atomic E-state index is -4.69. The lowest BCUT2D eigenvalue weighted by Crippen LogP contribution is -2.58. The number of hydrogen-bond donors (Lipinski definition) is 1. The highest BCUT2D eigenvalue weighted by atomic mass is 35.7. The van der Waals surface area contributed by atoms with Gasteiger partial charge >= 0.3 is 0 Å². The van der Waals surface area contributed by atoms with Crippen molar-refractivity contribution < 1.29 is 28.9 Å². The fourth-order valence-electron chi connectivity index (χ4n) is 1.44. The van der Waals surface area contributed by atoms with Crippen LogP contribution in [-0.4, -0.2) is 10.4 Å². The van der Waals surface area contributed by atoms with Crippen molar-refractivity contribution in [1.29, 1.82) is 0 Å². The van der Waals surface area contributed by atoms with Gasteiger partial charge in [0.2, 0.25) is 0 Å². The molecule has 0 saturated heterocycles. The van der Waals surface area contributed by atoms with Crippen molar-refractivity contribution in [2.24, 2.45) is 4.99 Å². The first-order valence-corrected chi connectivity index (χ1v) is 6.91. The first kappa shape index (κ1) is 16.3. The van der Waals surface area contributed by atoms with Gasteiger partial charge in [0.05, 0.1) is 20.6 Å². The predicted octanol–water partition coefficient (Wildman–Crippen LogP) is -0.297. The van der Waals surface area contributed by atoms with Gasteiger partial charge in [-0.3, -0.25) is 4.99 Å². The molecule has 0 radical (unpaired) electrons. The Balaban J connectivity index is 0.000000347. The van der Waals surface area contributed by atoms with Crippen LogP contribution in [0.4, 0.5) is 5.69 Å². The zero-order chi connectivity index (χ0) is 15.0. The topological polar surface area (TPSA) is 102 Å². The molecule has 0 aliphatic heterocycles. The molecule has 0 saturated carbocycles. The Morgan fingerprint density at radius 1 is 0.900 bits per heavy atom. The smallest absolute Gasteiger partial charge is 0.0777 e. The molecular weight excluding hydrogens is 282 g/mol. The molecule has 0 amide bonds. The van der Waals surface area contributed by atoms with Crippen LogP contribution in [0.1, 0.15) is 12.5 Å². The number of benzene rings is 2. The summed E-state index contributed by atoms with van der Waals surface area (Å²) in [5, 5.41) is 0. The van der Waals surface area contributed by atoms with Crippen molar-refractivity contribution >= 4 is 11.4 Å². The van der Waals surface area contributed by atoms with Crippen LogP contribution in [0.25, 0.3) is 0 Å². The van der Waals surface area contributed by atoms with E-state index in [2.05, 4.69) is 17.1 Å². The lowest BCUT2D eigenvalue weighted by molar-refractivity contribution is -1.92. The summed E-state index contributed by atoms with van der Waals surface area (Å²) in [6, 6.07) is 20.2. The van der Waals surface area contributed by atoms with Gasteiger partial charge in [0.25, 0.3) is 0 Å². The second-order valence-electron chi connectivity index (χ2n) is 3.79. The van der Waals surface area contributed by atoms with E-state index in [1.54, 1.807) is 0 Å². The Bertz CT molecular complexity index is 532. The van der Waals surface area contributed by atoms with Gasteiger partial charge in [0, 0.05) is 5.71 Å². The van der Waals surface area contributed by atoms with Crippen LogP contribution in [0, 0.1) is 10.2 Å². The summed E-state index contributed by atoms with van der Waals surface area (Å²) in [6.45, 7) is 2.03. The molecule has 0 aromatic heterocycles. The summed E-state index contributed by atoms with van der Waals surface area (Å²) in [5.74, 6) is 0. The fraction of sp³-hybridized carbons (Fsp3) is 0.0714. The Morgan fingerprint density at radius 3 is 1.75 bits per heavy atom. The number of aliphatic imine (C=N–C) groups is 1. The van der Waals surface area contributed by atoms with Crippen LogP contribution < -0.4 is 14.0 Å². The number of rotatable bonds is 2. The Labute approximate surface area is 119 Å². The molecule has 0 aliphatic rings. The van der Waals surface area contributed by atoms with Crippen LogP contribution in [-0.2, 0) is 0 Å². The maximum absolute atomic E-state index is 8.60. The average molecular weight is 296 g/mol. The molecule has 0 heterocycles. The molecule has 0 atom stereocenters. The van der Waals surface area contributed by atoms with Crippen LogP contribution in [0.5, 0.6) is 0 Å². The Hall–Kier alpha value is -1.76. The van der Waals surface area contributed by atoms with Crippen molar-refractivity contribution in [1.82, 2.24) is 0 Å². The Kier molecular flexibility index (Phi) is 6.30. The molecule has 0 fully saturated rings. The van der Waals surface area contributed by atoms with Gasteiger partial charge in [-0.2, -0.15) is 14.0 Å². The van der Waals surface area contributed by atoms with E-state index in [1.807, 2.05) is 55.5 Å². The summed E-state index contributed by atoms with van der Waals surface area (Å²) in [4.78, 5) is 4.55.